The maximum Gasteiger partial charge on any atom is 0.261 e. The van der Waals surface area contributed by atoms with Crippen molar-refractivity contribution in [1.82, 2.24) is 10.2 Å². The third-order valence-corrected chi connectivity index (χ3v) is 3.99. The number of hydrogen-bond acceptors (Lipinski definition) is 4. The number of nitrogens with one attached hydrogen (secondary N) is 1. The van der Waals surface area contributed by atoms with Crippen molar-refractivity contribution in [3.8, 4) is 0 Å². The Labute approximate surface area is 128 Å². The summed E-state index contributed by atoms with van der Waals surface area (Å²) in [6, 6.07) is 6.71. The van der Waals surface area contributed by atoms with Crippen LogP contribution in [0.4, 0.5) is 0 Å². The van der Waals surface area contributed by atoms with E-state index < -0.39 is 0 Å². The van der Waals surface area contributed by atoms with E-state index >= 15 is 0 Å². The Morgan fingerprint density at radius 3 is 2.50 bits per heavy atom. The standard InChI is InChI=1S/C16H18N2O4/c19-14(17-10-11-4-3-9-22-11)7-8-18-15(20)12-5-1-2-6-13(12)16(18)21/h1-2,5-6,11H,3-4,7-10H2,(H,17,19)/t11-/m0/s1. The Bertz CT molecular complexity index is 573. The van der Waals surface area contributed by atoms with Gasteiger partial charge in [-0.05, 0) is 25.0 Å². The molecule has 116 valence electrons. The van der Waals surface area contributed by atoms with E-state index in [1.165, 1.54) is 0 Å². The largest absolute Gasteiger partial charge is 0.376 e. The molecule has 0 aromatic heterocycles. The molecule has 0 aliphatic carbocycles. The van der Waals surface area contributed by atoms with Gasteiger partial charge in [0.1, 0.15) is 0 Å². The molecule has 6 heteroatoms. The fourth-order valence-electron chi connectivity index (χ4n) is 2.78. The third-order valence-electron chi connectivity index (χ3n) is 3.99. The summed E-state index contributed by atoms with van der Waals surface area (Å²) in [5, 5.41) is 2.79. The molecule has 1 saturated heterocycles. The number of rotatable bonds is 5. The molecule has 3 amide bonds. The van der Waals surface area contributed by atoms with Crippen LogP contribution >= 0.6 is 0 Å². The molecule has 6 nitrogen and oxygen atoms in total. The molecule has 2 heterocycles. The first-order chi connectivity index (χ1) is 10.7. The normalized spacial score (nSPS) is 20.4. The van der Waals surface area contributed by atoms with Crippen LogP contribution in [-0.4, -0.2) is 48.4 Å². The monoisotopic (exact) mass is 302 g/mol. The van der Waals surface area contributed by atoms with Gasteiger partial charge in [-0.2, -0.15) is 0 Å². The van der Waals surface area contributed by atoms with Crippen molar-refractivity contribution in [2.45, 2.75) is 25.4 Å². The van der Waals surface area contributed by atoms with E-state index in [-0.39, 0.29) is 36.8 Å². The number of ether oxygens (including phenoxy) is 1. The minimum atomic E-state index is -0.326. The maximum absolute atomic E-state index is 12.1. The molecule has 1 aromatic carbocycles. The average Bonchev–Trinajstić information content (AvgIpc) is 3.13. The number of benzene rings is 1. The summed E-state index contributed by atoms with van der Waals surface area (Å²) < 4.78 is 5.42. The van der Waals surface area contributed by atoms with Crippen LogP contribution < -0.4 is 5.32 Å². The Balaban J connectivity index is 1.50. The topological polar surface area (TPSA) is 75.7 Å². The number of carbonyl (C=O) groups excluding carboxylic acids is 3. The molecule has 0 spiro atoms. The summed E-state index contributed by atoms with van der Waals surface area (Å²) in [6.45, 7) is 1.33. The van der Waals surface area contributed by atoms with E-state index in [0.29, 0.717) is 17.7 Å². The minimum Gasteiger partial charge on any atom is -0.376 e. The maximum atomic E-state index is 12.1. The zero-order chi connectivity index (χ0) is 15.5. The van der Waals surface area contributed by atoms with Crippen LogP contribution in [0.25, 0.3) is 0 Å². The van der Waals surface area contributed by atoms with Gasteiger partial charge >= 0.3 is 0 Å². The van der Waals surface area contributed by atoms with E-state index in [2.05, 4.69) is 5.32 Å². The summed E-state index contributed by atoms with van der Waals surface area (Å²) in [4.78, 5) is 37.2. The van der Waals surface area contributed by atoms with Gasteiger partial charge < -0.3 is 10.1 Å². The fraction of sp³-hybridized carbons (Fsp3) is 0.438. The van der Waals surface area contributed by atoms with E-state index in [0.717, 1.165) is 24.3 Å². The first kappa shape index (κ1) is 14.7. The van der Waals surface area contributed by atoms with Gasteiger partial charge in [0.2, 0.25) is 5.91 Å². The lowest BCUT2D eigenvalue weighted by molar-refractivity contribution is -0.121. The molecule has 22 heavy (non-hydrogen) atoms. The molecular weight excluding hydrogens is 284 g/mol. The van der Waals surface area contributed by atoms with Gasteiger partial charge in [0, 0.05) is 26.1 Å². The molecule has 0 unspecified atom stereocenters. The first-order valence-corrected chi connectivity index (χ1v) is 7.50. The number of amides is 3. The van der Waals surface area contributed by atoms with Crippen molar-refractivity contribution in [3.63, 3.8) is 0 Å². The van der Waals surface area contributed by atoms with Crippen molar-refractivity contribution in [2.24, 2.45) is 0 Å². The van der Waals surface area contributed by atoms with Crippen molar-refractivity contribution >= 4 is 17.7 Å². The Morgan fingerprint density at radius 1 is 1.23 bits per heavy atom. The second-order valence-electron chi connectivity index (χ2n) is 5.50. The van der Waals surface area contributed by atoms with Crippen LogP contribution in [0.5, 0.6) is 0 Å². The van der Waals surface area contributed by atoms with Gasteiger partial charge in [0.05, 0.1) is 17.2 Å². The van der Waals surface area contributed by atoms with Crippen LogP contribution in [0.3, 0.4) is 0 Å². The SMILES string of the molecule is O=C(CCN1C(=O)c2ccccc2C1=O)NC[C@@H]1CCCO1. The van der Waals surface area contributed by atoms with Gasteiger partial charge in [-0.3, -0.25) is 19.3 Å². The smallest absolute Gasteiger partial charge is 0.261 e. The van der Waals surface area contributed by atoms with Crippen LogP contribution in [0, 0.1) is 0 Å². The van der Waals surface area contributed by atoms with E-state index in [1.54, 1.807) is 24.3 Å². The predicted octanol–water partition coefficient (Wildman–Crippen LogP) is 0.968. The Morgan fingerprint density at radius 2 is 1.91 bits per heavy atom. The summed E-state index contributed by atoms with van der Waals surface area (Å²) in [7, 11) is 0. The molecule has 1 atom stereocenters. The number of carbonyl (C=O) groups is 3. The zero-order valence-corrected chi connectivity index (χ0v) is 12.2. The van der Waals surface area contributed by atoms with E-state index in [4.69, 9.17) is 4.74 Å². The van der Waals surface area contributed by atoms with Crippen molar-refractivity contribution in [1.29, 1.82) is 0 Å². The first-order valence-electron chi connectivity index (χ1n) is 7.50. The minimum absolute atomic E-state index is 0.0863. The Kier molecular flexibility index (Phi) is 4.20. The van der Waals surface area contributed by atoms with Gasteiger partial charge in [-0.1, -0.05) is 12.1 Å². The number of imide groups is 1. The second kappa shape index (κ2) is 6.27. The van der Waals surface area contributed by atoms with Crippen molar-refractivity contribution in [2.75, 3.05) is 19.7 Å². The predicted molar refractivity (Wildman–Crippen MR) is 78.4 cm³/mol. The quantitative estimate of drug-likeness (QED) is 0.822. The van der Waals surface area contributed by atoms with Gasteiger partial charge in [0.25, 0.3) is 11.8 Å². The highest BCUT2D eigenvalue weighted by atomic mass is 16.5. The van der Waals surface area contributed by atoms with E-state index in [9.17, 15) is 14.4 Å². The third kappa shape index (κ3) is 2.87. The van der Waals surface area contributed by atoms with Crippen LogP contribution in [0.1, 0.15) is 40.0 Å². The molecule has 1 fully saturated rings. The zero-order valence-electron chi connectivity index (χ0n) is 12.2. The molecule has 1 N–H and O–H groups in total. The Hall–Kier alpha value is -2.21. The summed E-state index contributed by atoms with van der Waals surface area (Å²) in [6.07, 6.45) is 2.18. The van der Waals surface area contributed by atoms with Crippen molar-refractivity contribution in [3.05, 3.63) is 35.4 Å². The molecule has 3 rings (SSSR count). The highest BCUT2D eigenvalue weighted by molar-refractivity contribution is 6.21. The number of fused-ring (bicyclic) bond motifs is 1. The fourth-order valence-corrected chi connectivity index (χ4v) is 2.78. The lowest BCUT2D eigenvalue weighted by atomic mass is 10.1. The molecule has 2 aliphatic heterocycles. The molecule has 0 saturated carbocycles. The highest BCUT2D eigenvalue weighted by Crippen LogP contribution is 2.22. The summed E-state index contributed by atoms with van der Waals surface area (Å²) in [5.74, 6) is -0.827. The summed E-state index contributed by atoms with van der Waals surface area (Å²) in [5.41, 5.74) is 0.819. The number of nitrogens with zero attached hydrogens (tertiary/aromatic N) is 1. The van der Waals surface area contributed by atoms with Crippen LogP contribution in [-0.2, 0) is 9.53 Å². The molecular formula is C16H18N2O4. The van der Waals surface area contributed by atoms with Crippen LogP contribution in [0.15, 0.2) is 24.3 Å². The van der Waals surface area contributed by atoms with Crippen molar-refractivity contribution < 1.29 is 19.1 Å². The van der Waals surface area contributed by atoms with Crippen LogP contribution in [0.2, 0.25) is 0 Å². The lowest BCUT2D eigenvalue weighted by Gasteiger charge is -2.14. The second-order valence-corrected chi connectivity index (χ2v) is 5.50. The van der Waals surface area contributed by atoms with Gasteiger partial charge in [-0.15, -0.1) is 0 Å². The average molecular weight is 302 g/mol. The van der Waals surface area contributed by atoms with E-state index in [1.807, 2.05) is 0 Å². The number of hydrogen-bond donors (Lipinski definition) is 1. The molecule has 1 aromatic rings. The lowest BCUT2D eigenvalue weighted by Crippen LogP contribution is -2.36. The van der Waals surface area contributed by atoms with Gasteiger partial charge in [-0.25, -0.2) is 0 Å². The highest BCUT2D eigenvalue weighted by Gasteiger charge is 2.34. The molecule has 0 radical (unpaired) electrons. The molecule has 2 aliphatic rings. The van der Waals surface area contributed by atoms with Gasteiger partial charge in [0.15, 0.2) is 0 Å². The molecule has 0 bridgehead atoms. The summed E-state index contributed by atoms with van der Waals surface area (Å²) >= 11 is 0.